The minimum absolute atomic E-state index is 1.15. The quantitative estimate of drug-likeness (QED) is 0.103. The molecule has 0 aliphatic carbocycles. The fourth-order valence-electron chi connectivity index (χ4n) is 19.0. The van der Waals surface area contributed by atoms with E-state index in [-0.39, 0.29) is 0 Å². The Hall–Kier alpha value is -16.4. The number of hydrogen-bond acceptors (Lipinski definition) is 0. The van der Waals surface area contributed by atoms with Gasteiger partial charge >= 0.3 is 0 Å². The number of fused-ring (bicyclic) bond motifs is 12. The maximum absolute atomic E-state index is 2.41. The molecule has 0 aliphatic heterocycles. The highest BCUT2D eigenvalue weighted by Crippen LogP contribution is 2.45. The number of rotatable bonds is 14. The Bertz CT molecular complexity index is 8150. The zero-order chi connectivity index (χ0) is 82.0. The van der Waals surface area contributed by atoms with Gasteiger partial charge in [0.2, 0.25) is 0 Å². The number of benzene rings is 20. The Kier molecular flexibility index (Phi) is 18.2. The van der Waals surface area contributed by atoms with Crippen LogP contribution >= 0.6 is 0 Å². The van der Waals surface area contributed by atoms with Crippen molar-refractivity contribution < 1.29 is 0 Å². The Labute approximate surface area is 719 Å². The predicted octanol–water partition coefficient (Wildman–Crippen LogP) is 32.4. The van der Waals surface area contributed by atoms with Crippen LogP contribution < -0.4 is 0 Å². The maximum atomic E-state index is 2.41. The maximum Gasteiger partial charge on any atom is 0.0541 e. The van der Waals surface area contributed by atoms with Gasteiger partial charge in [0.05, 0.1) is 44.1 Å². The molecule has 0 radical (unpaired) electrons. The van der Waals surface area contributed by atoms with Gasteiger partial charge in [-0.2, -0.15) is 0 Å². The fourth-order valence-corrected chi connectivity index (χ4v) is 19.0. The Morgan fingerprint density at radius 1 is 0.0887 bits per heavy atom. The second kappa shape index (κ2) is 31.1. The lowest BCUT2D eigenvalue weighted by Gasteiger charge is -2.14. The molecular formula is C120H80N4. The van der Waals surface area contributed by atoms with Gasteiger partial charge in [0.1, 0.15) is 0 Å². The standard InChI is InChI=1S/2C60H40N2/c1-5-15-41(16-6-1)43-25-27-44(28-26-43)48-35-49(46-30-33-58-54(39-46)53-23-13-14-24-57(53)61(58)51-19-9-3-10-20-51)37-50(36-48)47-31-34-60-56(40-47)55-38-45(42-17-7-2-8-18-42)29-32-59(55)62(60)52-21-11-4-12-22-52;1-4-15-41(16-5-1)43-27-31-52(32-28-43)62-58-26-13-11-24-54(58)56-40-47(30-34-60(56)62)50-37-48(45-20-14-19-44(35-45)42-17-6-2-7-18-42)36-49(38-50)46-29-33-59-55(39-46)53-23-10-12-25-57(53)61(59)51-21-8-3-9-22-51/h2*1-40H. The summed E-state index contributed by atoms with van der Waals surface area (Å²) in [5.41, 5.74) is 38.1. The highest BCUT2D eigenvalue weighted by Gasteiger charge is 2.22. The van der Waals surface area contributed by atoms with Crippen molar-refractivity contribution in [2.24, 2.45) is 0 Å². The predicted molar refractivity (Wildman–Crippen MR) is 525 cm³/mol. The minimum Gasteiger partial charge on any atom is -0.309 e. The van der Waals surface area contributed by atoms with E-state index in [0.29, 0.717) is 0 Å². The van der Waals surface area contributed by atoms with Gasteiger partial charge in [-0.1, -0.05) is 315 Å². The van der Waals surface area contributed by atoms with Crippen LogP contribution in [-0.4, -0.2) is 18.3 Å². The van der Waals surface area contributed by atoms with Crippen molar-refractivity contribution in [3.05, 3.63) is 485 Å². The first kappa shape index (κ1) is 72.8. The molecule has 4 aromatic heterocycles. The van der Waals surface area contributed by atoms with Gasteiger partial charge in [-0.05, 0) is 281 Å². The first-order valence-corrected chi connectivity index (χ1v) is 42.7. The summed E-state index contributed by atoms with van der Waals surface area (Å²) in [7, 11) is 0. The van der Waals surface area contributed by atoms with Gasteiger partial charge in [-0.3, -0.25) is 0 Å². The first-order valence-electron chi connectivity index (χ1n) is 42.7. The van der Waals surface area contributed by atoms with E-state index in [0.717, 1.165) is 22.7 Å². The van der Waals surface area contributed by atoms with E-state index in [1.807, 2.05) is 0 Å². The molecule has 580 valence electrons. The average Bonchev–Trinajstić information content (AvgIpc) is 1.60. The summed E-state index contributed by atoms with van der Waals surface area (Å²) in [4.78, 5) is 0. The molecule has 4 heterocycles. The summed E-state index contributed by atoms with van der Waals surface area (Å²) < 4.78 is 9.57. The summed E-state index contributed by atoms with van der Waals surface area (Å²) >= 11 is 0. The molecule has 0 bridgehead atoms. The van der Waals surface area contributed by atoms with Gasteiger partial charge < -0.3 is 18.3 Å². The van der Waals surface area contributed by atoms with E-state index in [2.05, 4.69) is 504 Å². The number of hydrogen-bond donors (Lipinski definition) is 0. The monoisotopic (exact) mass is 1580 g/mol. The largest absolute Gasteiger partial charge is 0.309 e. The highest BCUT2D eigenvalue weighted by atomic mass is 15.0. The van der Waals surface area contributed by atoms with Crippen molar-refractivity contribution in [3.63, 3.8) is 0 Å². The molecule has 24 rings (SSSR count). The molecule has 0 saturated heterocycles. The lowest BCUT2D eigenvalue weighted by molar-refractivity contribution is 1.18. The van der Waals surface area contributed by atoms with Crippen LogP contribution in [0.15, 0.2) is 485 Å². The van der Waals surface area contributed by atoms with Gasteiger partial charge in [-0.15, -0.1) is 0 Å². The number of aromatic nitrogens is 4. The van der Waals surface area contributed by atoms with Crippen LogP contribution in [0.1, 0.15) is 0 Å². The Morgan fingerprint density at radius 3 is 0.548 bits per heavy atom. The van der Waals surface area contributed by atoms with Gasteiger partial charge in [-0.25, -0.2) is 0 Å². The van der Waals surface area contributed by atoms with Crippen molar-refractivity contribution in [2.75, 3.05) is 0 Å². The Morgan fingerprint density at radius 2 is 0.250 bits per heavy atom. The molecule has 20 aromatic carbocycles. The van der Waals surface area contributed by atoms with Crippen LogP contribution in [0.4, 0.5) is 0 Å². The van der Waals surface area contributed by atoms with Crippen molar-refractivity contribution in [1.29, 1.82) is 0 Å². The minimum atomic E-state index is 1.15. The summed E-state index contributed by atoms with van der Waals surface area (Å²) in [6.07, 6.45) is 0. The summed E-state index contributed by atoms with van der Waals surface area (Å²) in [6, 6.07) is 177. The van der Waals surface area contributed by atoms with Gasteiger partial charge in [0.25, 0.3) is 0 Å². The molecule has 0 fully saturated rings. The Balaban J connectivity index is 0.000000143. The van der Waals surface area contributed by atoms with Crippen molar-refractivity contribution in [2.45, 2.75) is 0 Å². The zero-order valence-corrected chi connectivity index (χ0v) is 68.0. The molecular weight excluding hydrogens is 1500 g/mol. The van der Waals surface area contributed by atoms with Crippen LogP contribution in [0, 0.1) is 0 Å². The molecule has 0 saturated carbocycles. The molecule has 24 aromatic rings. The first-order chi connectivity index (χ1) is 61.5. The zero-order valence-electron chi connectivity index (χ0n) is 68.0. The van der Waals surface area contributed by atoms with Crippen LogP contribution in [0.2, 0.25) is 0 Å². The van der Waals surface area contributed by atoms with E-state index in [9.17, 15) is 0 Å². The third-order valence-corrected chi connectivity index (χ3v) is 25.0. The molecule has 0 unspecified atom stereocenters. The fraction of sp³-hybridized carbons (Fsp3) is 0. The normalized spacial score (nSPS) is 11.5. The van der Waals surface area contributed by atoms with Crippen LogP contribution in [0.5, 0.6) is 0 Å². The third-order valence-electron chi connectivity index (χ3n) is 25.0. The van der Waals surface area contributed by atoms with Gasteiger partial charge in [0, 0.05) is 65.8 Å². The molecule has 0 N–H and O–H groups in total. The molecule has 4 heteroatoms. The summed E-state index contributed by atoms with van der Waals surface area (Å²) in [5, 5.41) is 9.92. The lowest BCUT2D eigenvalue weighted by Crippen LogP contribution is -1.94. The van der Waals surface area contributed by atoms with Crippen LogP contribution in [0.3, 0.4) is 0 Å². The molecule has 0 spiro atoms. The lowest BCUT2D eigenvalue weighted by atomic mass is 9.91. The number of para-hydroxylation sites is 6. The van der Waals surface area contributed by atoms with Crippen LogP contribution in [-0.2, 0) is 0 Å². The molecule has 0 aliphatic rings. The van der Waals surface area contributed by atoms with Gasteiger partial charge in [0.15, 0.2) is 0 Å². The average molecular weight is 1580 g/mol. The second-order valence-corrected chi connectivity index (χ2v) is 32.3. The molecule has 0 amide bonds. The molecule has 124 heavy (non-hydrogen) atoms. The molecule has 0 atom stereocenters. The van der Waals surface area contributed by atoms with E-state index in [1.165, 1.54) is 198 Å². The van der Waals surface area contributed by atoms with E-state index < -0.39 is 0 Å². The smallest absolute Gasteiger partial charge is 0.0541 e. The van der Waals surface area contributed by atoms with E-state index in [1.54, 1.807) is 0 Å². The van der Waals surface area contributed by atoms with Crippen molar-refractivity contribution in [1.82, 2.24) is 18.3 Å². The van der Waals surface area contributed by atoms with Crippen LogP contribution in [0.25, 0.3) is 221 Å². The second-order valence-electron chi connectivity index (χ2n) is 32.3. The summed E-state index contributed by atoms with van der Waals surface area (Å²) in [5.74, 6) is 0. The van der Waals surface area contributed by atoms with E-state index >= 15 is 0 Å². The summed E-state index contributed by atoms with van der Waals surface area (Å²) in [6.45, 7) is 0. The topological polar surface area (TPSA) is 19.7 Å². The SMILES string of the molecule is c1ccc(-c2ccc(-c3cc(-c4ccc5c(c4)c4ccccc4n5-c4ccccc4)cc(-c4ccc5c(c4)c4cc(-c6ccccc6)ccc4n5-c4ccccc4)c3)cc2)cc1.c1ccc(-c2ccc(-n3c4ccccc4c4cc(-c5cc(-c6cccc(-c7ccccc7)c6)cc(-c6ccc7c(c6)c6ccccc6n7-c6ccccc6)c5)ccc43)cc2)cc1. The highest BCUT2D eigenvalue weighted by molar-refractivity contribution is 6.15. The molecule has 4 nitrogen and oxygen atoms in total. The number of nitrogens with zero attached hydrogens (tertiary/aromatic N) is 4. The van der Waals surface area contributed by atoms with Crippen molar-refractivity contribution in [3.8, 4) is 134 Å². The third kappa shape index (κ3) is 13.2. The van der Waals surface area contributed by atoms with E-state index in [4.69, 9.17) is 0 Å². The van der Waals surface area contributed by atoms with Crippen molar-refractivity contribution >= 4 is 87.2 Å².